The Hall–Kier alpha value is -2.98. The van der Waals surface area contributed by atoms with E-state index in [2.05, 4.69) is 15.4 Å². The second-order valence-corrected chi connectivity index (χ2v) is 10.4. The lowest BCUT2D eigenvalue weighted by Gasteiger charge is -2.26. The van der Waals surface area contributed by atoms with Gasteiger partial charge in [-0.2, -0.15) is 9.40 Å². The van der Waals surface area contributed by atoms with Gasteiger partial charge in [-0.1, -0.05) is 6.42 Å². The number of sulfonamides is 1. The van der Waals surface area contributed by atoms with Crippen molar-refractivity contribution in [2.45, 2.75) is 51.0 Å². The fourth-order valence-electron chi connectivity index (χ4n) is 4.07. The number of pyridine rings is 1. The maximum atomic E-state index is 13.2. The van der Waals surface area contributed by atoms with Gasteiger partial charge in [0.15, 0.2) is 5.65 Å². The number of rotatable bonds is 6. The Morgan fingerprint density at radius 1 is 1.15 bits per heavy atom. The highest BCUT2D eigenvalue weighted by atomic mass is 32.2. The number of hydrogen-bond acceptors (Lipinski definition) is 6. The Bertz CT molecular complexity index is 1290. The number of aryl methyl sites for hydroxylation is 1. The van der Waals surface area contributed by atoms with Crippen molar-refractivity contribution >= 4 is 32.7 Å². The Kier molecular flexibility index (Phi) is 6.40. The summed E-state index contributed by atoms with van der Waals surface area (Å²) in [7, 11) is -2.30. The number of piperidine rings is 1. The summed E-state index contributed by atoms with van der Waals surface area (Å²) in [6.07, 6.45) is 4.38. The fourth-order valence-corrected chi connectivity index (χ4v) is 5.77. The van der Waals surface area contributed by atoms with Crippen LogP contribution in [0.3, 0.4) is 0 Å². The molecule has 0 unspecified atom stereocenters. The molecule has 0 radical (unpaired) electrons. The molecule has 9 nitrogen and oxygen atoms in total. The van der Waals surface area contributed by atoms with Crippen molar-refractivity contribution in [2.75, 3.05) is 25.5 Å². The van der Waals surface area contributed by atoms with E-state index in [4.69, 9.17) is 4.74 Å². The molecular formula is C23H29N5O4S. The number of ether oxygens (including phenoxy) is 1. The van der Waals surface area contributed by atoms with Crippen LogP contribution in [0.2, 0.25) is 0 Å². The number of aromatic nitrogens is 3. The SMILES string of the molecule is COc1ccc(NC(=O)c2cc3cnn(C(C)C)c3nc2C)cc1S(=O)(=O)N1CCCCC1. The van der Waals surface area contributed by atoms with Crippen LogP contribution < -0.4 is 10.1 Å². The second kappa shape index (κ2) is 9.11. The third-order valence-corrected chi connectivity index (χ3v) is 7.77. The van der Waals surface area contributed by atoms with Crippen LogP contribution in [-0.2, 0) is 10.0 Å². The van der Waals surface area contributed by atoms with Crippen LogP contribution in [0.1, 0.15) is 55.2 Å². The predicted octanol–water partition coefficient (Wildman–Crippen LogP) is 3.76. The summed E-state index contributed by atoms with van der Waals surface area (Å²) in [5.74, 6) is -0.121. The van der Waals surface area contributed by atoms with Gasteiger partial charge in [0, 0.05) is 30.2 Å². The van der Waals surface area contributed by atoms with E-state index < -0.39 is 10.0 Å². The molecule has 1 aromatic carbocycles. The number of benzene rings is 1. The third kappa shape index (κ3) is 4.45. The minimum atomic E-state index is -3.74. The van der Waals surface area contributed by atoms with Crippen LogP contribution >= 0.6 is 0 Å². The molecule has 33 heavy (non-hydrogen) atoms. The normalized spacial score (nSPS) is 15.2. The lowest BCUT2D eigenvalue weighted by Crippen LogP contribution is -2.35. The summed E-state index contributed by atoms with van der Waals surface area (Å²) in [5.41, 5.74) is 2.06. The van der Waals surface area contributed by atoms with E-state index in [1.807, 2.05) is 18.5 Å². The lowest BCUT2D eigenvalue weighted by atomic mass is 10.1. The minimum Gasteiger partial charge on any atom is -0.495 e. The summed E-state index contributed by atoms with van der Waals surface area (Å²) in [4.78, 5) is 17.7. The Labute approximate surface area is 193 Å². The largest absolute Gasteiger partial charge is 0.495 e. The van der Waals surface area contributed by atoms with Crippen LogP contribution in [0.25, 0.3) is 11.0 Å². The van der Waals surface area contributed by atoms with Gasteiger partial charge < -0.3 is 10.1 Å². The highest BCUT2D eigenvalue weighted by molar-refractivity contribution is 7.89. The molecule has 1 aliphatic heterocycles. The van der Waals surface area contributed by atoms with E-state index >= 15 is 0 Å². The fraction of sp³-hybridized carbons (Fsp3) is 0.435. The van der Waals surface area contributed by atoms with Gasteiger partial charge in [-0.3, -0.25) is 4.79 Å². The number of nitrogens with one attached hydrogen (secondary N) is 1. The first-order chi connectivity index (χ1) is 15.7. The van der Waals surface area contributed by atoms with Gasteiger partial charge >= 0.3 is 0 Å². The van der Waals surface area contributed by atoms with E-state index in [0.717, 1.165) is 30.3 Å². The Balaban J connectivity index is 1.65. The van der Waals surface area contributed by atoms with Gasteiger partial charge in [0.25, 0.3) is 5.91 Å². The standard InChI is InChI=1S/C23H29N5O4S/c1-15(2)28-22-17(14-24-28)12-19(16(3)25-22)23(29)26-18-8-9-20(32-4)21(13-18)33(30,31)27-10-6-5-7-11-27/h8-9,12-15H,5-7,10-11H2,1-4H3,(H,26,29). The van der Waals surface area contributed by atoms with Crippen molar-refractivity contribution in [2.24, 2.45) is 0 Å². The monoisotopic (exact) mass is 471 g/mol. The molecule has 0 saturated carbocycles. The lowest BCUT2D eigenvalue weighted by molar-refractivity contribution is 0.102. The molecule has 176 valence electrons. The first-order valence-electron chi connectivity index (χ1n) is 11.1. The second-order valence-electron chi connectivity index (χ2n) is 8.50. The summed E-state index contributed by atoms with van der Waals surface area (Å²) >= 11 is 0. The molecule has 3 aromatic rings. The van der Waals surface area contributed by atoms with Crippen LogP contribution in [0.15, 0.2) is 35.4 Å². The third-order valence-electron chi connectivity index (χ3n) is 5.85. The van der Waals surface area contributed by atoms with Gasteiger partial charge in [-0.15, -0.1) is 0 Å². The Morgan fingerprint density at radius 2 is 1.88 bits per heavy atom. The van der Waals surface area contributed by atoms with E-state index in [1.165, 1.54) is 17.5 Å². The maximum Gasteiger partial charge on any atom is 0.257 e. The van der Waals surface area contributed by atoms with Crippen molar-refractivity contribution in [3.05, 3.63) is 41.7 Å². The molecule has 1 saturated heterocycles. The van der Waals surface area contributed by atoms with E-state index in [9.17, 15) is 13.2 Å². The topological polar surface area (TPSA) is 106 Å². The smallest absolute Gasteiger partial charge is 0.257 e. The first kappa shape index (κ1) is 23.2. The number of fused-ring (bicyclic) bond motifs is 1. The zero-order valence-electron chi connectivity index (χ0n) is 19.3. The number of carbonyl (C=O) groups excluding carboxylic acids is 1. The number of anilines is 1. The molecule has 0 aliphatic carbocycles. The number of nitrogens with zero attached hydrogens (tertiary/aromatic N) is 4. The van der Waals surface area contributed by atoms with Crippen LogP contribution in [-0.4, -0.2) is 53.6 Å². The Morgan fingerprint density at radius 3 is 2.55 bits per heavy atom. The average molecular weight is 472 g/mol. The van der Waals surface area contributed by atoms with E-state index in [0.29, 0.717) is 30.0 Å². The van der Waals surface area contributed by atoms with Crippen molar-refractivity contribution < 1.29 is 17.9 Å². The quantitative estimate of drug-likeness (QED) is 0.587. The van der Waals surface area contributed by atoms with Crippen molar-refractivity contribution in [1.82, 2.24) is 19.1 Å². The zero-order valence-corrected chi connectivity index (χ0v) is 20.1. The summed E-state index contributed by atoms with van der Waals surface area (Å²) in [6.45, 7) is 6.77. The molecular weight excluding hydrogens is 442 g/mol. The van der Waals surface area contributed by atoms with Gasteiger partial charge in [-0.25, -0.2) is 18.1 Å². The number of carbonyl (C=O) groups is 1. The zero-order chi connectivity index (χ0) is 23.8. The van der Waals surface area contributed by atoms with Crippen LogP contribution in [0.5, 0.6) is 5.75 Å². The van der Waals surface area contributed by atoms with Crippen molar-refractivity contribution in [3.63, 3.8) is 0 Å². The van der Waals surface area contributed by atoms with Gasteiger partial charge in [0.2, 0.25) is 10.0 Å². The molecule has 0 bridgehead atoms. The average Bonchev–Trinajstić information content (AvgIpc) is 3.22. The van der Waals surface area contributed by atoms with Crippen LogP contribution in [0.4, 0.5) is 5.69 Å². The van der Waals surface area contributed by atoms with Gasteiger partial charge in [0.05, 0.1) is 24.6 Å². The molecule has 1 fully saturated rings. The van der Waals surface area contributed by atoms with Gasteiger partial charge in [0.1, 0.15) is 10.6 Å². The summed E-state index contributed by atoms with van der Waals surface area (Å²) in [5, 5.41) is 7.94. The van der Waals surface area contributed by atoms with Crippen molar-refractivity contribution in [3.8, 4) is 5.75 Å². The highest BCUT2D eigenvalue weighted by Crippen LogP contribution is 2.31. The van der Waals surface area contributed by atoms with Crippen molar-refractivity contribution in [1.29, 1.82) is 0 Å². The molecule has 1 aliphatic rings. The molecule has 3 heterocycles. The van der Waals surface area contributed by atoms with E-state index in [1.54, 1.807) is 31.3 Å². The molecule has 10 heteroatoms. The molecule has 4 rings (SSSR count). The molecule has 1 amide bonds. The number of hydrogen-bond donors (Lipinski definition) is 1. The molecule has 1 N–H and O–H groups in total. The molecule has 2 aromatic heterocycles. The van der Waals surface area contributed by atoms with E-state index in [-0.39, 0.29) is 22.6 Å². The number of methoxy groups -OCH3 is 1. The summed E-state index contributed by atoms with van der Waals surface area (Å²) < 4.78 is 35.1. The van der Waals surface area contributed by atoms with Gasteiger partial charge in [-0.05, 0) is 57.9 Å². The summed E-state index contributed by atoms with van der Waals surface area (Å²) in [6, 6.07) is 6.55. The predicted molar refractivity (Wildman–Crippen MR) is 126 cm³/mol. The molecule has 0 atom stereocenters. The minimum absolute atomic E-state index is 0.0493. The molecule has 0 spiro atoms. The first-order valence-corrected chi connectivity index (χ1v) is 12.5. The maximum absolute atomic E-state index is 13.2. The number of amides is 1. The van der Waals surface area contributed by atoms with Crippen LogP contribution in [0, 0.1) is 6.92 Å². The highest BCUT2D eigenvalue weighted by Gasteiger charge is 2.29.